The van der Waals surface area contributed by atoms with Crippen LogP contribution in [-0.4, -0.2) is 25.2 Å². The van der Waals surface area contributed by atoms with Crippen LogP contribution in [0.4, 0.5) is 15.8 Å². The largest absolute Gasteiger partial charge is 0.398 e. The van der Waals surface area contributed by atoms with Gasteiger partial charge in [-0.25, -0.2) is 4.39 Å². The van der Waals surface area contributed by atoms with Crippen LogP contribution < -0.4 is 16.8 Å². The molecular weight excluding hydrogens is 237 g/mol. The number of hydrogen-bond acceptors (Lipinski definition) is 4. The number of nitrogens with one attached hydrogen (secondary N) is 1. The van der Waals surface area contributed by atoms with Crippen molar-refractivity contribution in [2.45, 2.75) is 18.9 Å². The standard InChI is InChI=1S/C12H16FN3O2/c13-9-5-10(14)8(12(15)17)4-11(9)16-6-7-2-1-3-18-7/h4-5,7,16H,1-3,6,14H2,(H2,15,17). The fourth-order valence-corrected chi connectivity index (χ4v) is 1.97. The Morgan fingerprint density at radius 2 is 2.33 bits per heavy atom. The van der Waals surface area contributed by atoms with Crippen molar-refractivity contribution >= 4 is 17.3 Å². The summed E-state index contributed by atoms with van der Waals surface area (Å²) in [6.07, 6.45) is 2.05. The summed E-state index contributed by atoms with van der Waals surface area (Å²) >= 11 is 0. The normalized spacial score (nSPS) is 18.8. The smallest absolute Gasteiger partial charge is 0.250 e. The van der Waals surface area contributed by atoms with E-state index in [1.54, 1.807) is 0 Å². The van der Waals surface area contributed by atoms with E-state index in [9.17, 15) is 9.18 Å². The van der Waals surface area contributed by atoms with Gasteiger partial charge in [0.15, 0.2) is 0 Å². The van der Waals surface area contributed by atoms with Gasteiger partial charge in [0.2, 0.25) is 0 Å². The maximum absolute atomic E-state index is 13.6. The molecule has 18 heavy (non-hydrogen) atoms. The molecule has 5 N–H and O–H groups in total. The van der Waals surface area contributed by atoms with Crippen molar-refractivity contribution in [2.75, 3.05) is 24.2 Å². The zero-order valence-corrected chi connectivity index (χ0v) is 9.91. The van der Waals surface area contributed by atoms with Gasteiger partial charge in [-0.1, -0.05) is 0 Å². The first-order valence-electron chi connectivity index (χ1n) is 5.82. The number of benzene rings is 1. The quantitative estimate of drug-likeness (QED) is 0.701. The van der Waals surface area contributed by atoms with Crippen LogP contribution in [0.5, 0.6) is 0 Å². The fraction of sp³-hybridized carbons (Fsp3) is 0.417. The van der Waals surface area contributed by atoms with Gasteiger partial charge in [0, 0.05) is 18.8 Å². The van der Waals surface area contributed by atoms with Gasteiger partial charge in [0.25, 0.3) is 5.91 Å². The van der Waals surface area contributed by atoms with E-state index in [0.717, 1.165) is 25.5 Å². The minimum absolute atomic E-state index is 0.0441. The van der Waals surface area contributed by atoms with E-state index < -0.39 is 11.7 Å². The molecule has 1 aliphatic rings. The third-order valence-electron chi connectivity index (χ3n) is 2.95. The number of rotatable bonds is 4. The summed E-state index contributed by atoms with van der Waals surface area (Å²) < 4.78 is 19.0. The second-order valence-corrected chi connectivity index (χ2v) is 4.30. The number of ether oxygens (including phenoxy) is 1. The van der Waals surface area contributed by atoms with Gasteiger partial charge in [-0.3, -0.25) is 4.79 Å². The molecule has 0 saturated carbocycles. The number of anilines is 2. The van der Waals surface area contributed by atoms with Crippen LogP contribution in [0.15, 0.2) is 12.1 Å². The summed E-state index contributed by atoms with van der Waals surface area (Å²) in [6, 6.07) is 2.43. The monoisotopic (exact) mass is 253 g/mol. The third kappa shape index (κ3) is 2.70. The van der Waals surface area contributed by atoms with E-state index in [2.05, 4.69) is 5.32 Å². The number of hydrogen-bond donors (Lipinski definition) is 3. The topological polar surface area (TPSA) is 90.4 Å². The minimum Gasteiger partial charge on any atom is -0.398 e. The SMILES string of the molecule is NC(=O)c1cc(NCC2CCCO2)c(F)cc1N. The number of amides is 1. The van der Waals surface area contributed by atoms with Crippen molar-refractivity contribution in [1.82, 2.24) is 0 Å². The summed E-state index contributed by atoms with van der Waals surface area (Å²) in [5, 5.41) is 2.91. The lowest BCUT2D eigenvalue weighted by Crippen LogP contribution is -2.20. The lowest BCUT2D eigenvalue weighted by Gasteiger charge is -2.14. The van der Waals surface area contributed by atoms with Gasteiger partial charge in [-0.15, -0.1) is 0 Å². The summed E-state index contributed by atoms with van der Waals surface area (Å²) in [6.45, 7) is 1.24. The van der Waals surface area contributed by atoms with Crippen LogP contribution in [0.3, 0.4) is 0 Å². The number of halogens is 1. The lowest BCUT2D eigenvalue weighted by molar-refractivity contribution is 0.100. The maximum Gasteiger partial charge on any atom is 0.250 e. The molecule has 0 aromatic heterocycles. The predicted octanol–water partition coefficient (Wildman–Crippen LogP) is 1.10. The first-order valence-corrected chi connectivity index (χ1v) is 5.82. The van der Waals surface area contributed by atoms with Crippen LogP contribution >= 0.6 is 0 Å². The number of carbonyl (C=O) groups excluding carboxylic acids is 1. The van der Waals surface area contributed by atoms with Crippen molar-refractivity contribution < 1.29 is 13.9 Å². The highest BCUT2D eigenvalue weighted by molar-refractivity contribution is 5.99. The minimum atomic E-state index is -0.673. The van der Waals surface area contributed by atoms with E-state index in [-0.39, 0.29) is 23.0 Å². The van der Waals surface area contributed by atoms with E-state index in [0.29, 0.717) is 6.54 Å². The Balaban J connectivity index is 2.11. The Morgan fingerprint density at radius 3 is 2.94 bits per heavy atom. The highest BCUT2D eigenvalue weighted by Gasteiger charge is 2.17. The Labute approximate surface area is 104 Å². The molecule has 1 aromatic rings. The number of primary amides is 1. The van der Waals surface area contributed by atoms with Gasteiger partial charge < -0.3 is 21.5 Å². The van der Waals surface area contributed by atoms with Crippen LogP contribution in [0.25, 0.3) is 0 Å². The zero-order chi connectivity index (χ0) is 13.1. The van der Waals surface area contributed by atoms with Crippen molar-refractivity contribution in [3.63, 3.8) is 0 Å². The van der Waals surface area contributed by atoms with E-state index in [4.69, 9.17) is 16.2 Å². The Hall–Kier alpha value is -1.82. The first-order chi connectivity index (χ1) is 8.58. The molecule has 1 amide bonds. The van der Waals surface area contributed by atoms with Gasteiger partial charge in [-0.2, -0.15) is 0 Å². The van der Waals surface area contributed by atoms with Gasteiger partial charge in [0.1, 0.15) is 5.82 Å². The molecule has 0 bridgehead atoms. The highest BCUT2D eigenvalue weighted by Crippen LogP contribution is 2.22. The Kier molecular flexibility index (Phi) is 3.66. The molecule has 1 aliphatic heterocycles. The summed E-state index contributed by atoms with van der Waals surface area (Å²) in [5.41, 5.74) is 11.1. The second kappa shape index (κ2) is 5.22. The zero-order valence-electron chi connectivity index (χ0n) is 9.91. The highest BCUT2D eigenvalue weighted by atomic mass is 19.1. The summed E-state index contributed by atoms with van der Waals surface area (Å²) in [4.78, 5) is 11.1. The van der Waals surface area contributed by atoms with Crippen LogP contribution in [0.2, 0.25) is 0 Å². The molecule has 5 nitrogen and oxygen atoms in total. The van der Waals surface area contributed by atoms with Crippen LogP contribution in [-0.2, 0) is 4.74 Å². The fourth-order valence-electron chi connectivity index (χ4n) is 1.97. The third-order valence-corrected chi connectivity index (χ3v) is 2.95. The maximum atomic E-state index is 13.6. The average Bonchev–Trinajstić information content (AvgIpc) is 2.80. The van der Waals surface area contributed by atoms with Crippen molar-refractivity contribution in [2.24, 2.45) is 5.73 Å². The lowest BCUT2D eigenvalue weighted by atomic mass is 10.1. The van der Waals surface area contributed by atoms with Crippen LogP contribution in [0.1, 0.15) is 23.2 Å². The van der Waals surface area contributed by atoms with Gasteiger partial charge in [-0.05, 0) is 25.0 Å². The molecule has 0 radical (unpaired) electrons. The second-order valence-electron chi connectivity index (χ2n) is 4.30. The molecule has 6 heteroatoms. The number of carbonyl (C=O) groups is 1. The Bertz CT molecular complexity index is 459. The first kappa shape index (κ1) is 12.6. The molecule has 1 fully saturated rings. The number of nitrogen functional groups attached to an aromatic ring is 1. The molecule has 0 aliphatic carbocycles. The van der Waals surface area contributed by atoms with E-state index >= 15 is 0 Å². The summed E-state index contributed by atoms with van der Waals surface area (Å²) in [7, 11) is 0. The van der Waals surface area contributed by atoms with Crippen molar-refractivity contribution in [1.29, 1.82) is 0 Å². The summed E-state index contributed by atoms with van der Waals surface area (Å²) in [5.74, 6) is -1.18. The van der Waals surface area contributed by atoms with Gasteiger partial charge in [0.05, 0.1) is 17.4 Å². The average molecular weight is 253 g/mol. The molecule has 1 unspecified atom stereocenters. The molecule has 98 valence electrons. The molecule has 2 rings (SSSR count). The number of nitrogens with two attached hydrogens (primary N) is 2. The molecule has 0 spiro atoms. The van der Waals surface area contributed by atoms with Crippen LogP contribution in [0, 0.1) is 5.82 Å². The molecule has 1 atom stereocenters. The predicted molar refractivity (Wildman–Crippen MR) is 66.8 cm³/mol. The van der Waals surface area contributed by atoms with Crippen molar-refractivity contribution in [3.05, 3.63) is 23.5 Å². The van der Waals surface area contributed by atoms with E-state index in [1.807, 2.05) is 0 Å². The Morgan fingerprint density at radius 1 is 1.56 bits per heavy atom. The van der Waals surface area contributed by atoms with E-state index in [1.165, 1.54) is 6.07 Å². The van der Waals surface area contributed by atoms with Gasteiger partial charge >= 0.3 is 0 Å². The molecular formula is C12H16FN3O2. The molecule has 1 heterocycles. The molecule has 1 saturated heterocycles. The van der Waals surface area contributed by atoms with Crippen molar-refractivity contribution in [3.8, 4) is 0 Å². The molecule has 1 aromatic carbocycles.